The van der Waals surface area contributed by atoms with Crippen LogP contribution in [0.4, 0.5) is 0 Å². The maximum Gasteiger partial charge on any atom is 0.179 e. The van der Waals surface area contributed by atoms with Gasteiger partial charge in [0.2, 0.25) is 0 Å². The van der Waals surface area contributed by atoms with Crippen molar-refractivity contribution < 1.29 is 17.9 Å². The fraction of sp³-hybridized carbons (Fsp3) is 0.400. The number of methoxy groups -OCH3 is 1. The van der Waals surface area contributed by atoms with Crippen molar-refractivity contribution in [3.8, 4) is 5.75 Å². The van der Waals surface area contributed by atoms with E-state index in [2.05, 4.69) is 0 Å². The maximum atomic E-state index is 11.4. The Labute approximate surface area is 88.7 Å². The van der Waals surface area contributed by atoms with Crippen molar-refractivity contribution in [2.24, 2.45) is 0 Å². The molecule has 1 aliphatic heterocycles. The van der Waals surface area contributed by atoms with Gasteiger partial charge in [-0.25, -0.2) is 8.42 Å². The molecule has 0 aliphatic carbocycles. The van der Waals surface area contributed by atoms with E-state index < -0.39 is 9.84 Å². The van der Waals surface area contributed by atoms with E-state index in [-0.39, 0.29) is 11.0 Å². The number of epoxide rings is 1. The minimum atomic E-state index is -3.23. The van der Waals surface area contributed by atoms with E-state index in [1.807, 2.05) is 0 Å². The molecule has 1 fully saturated rings. The molecule has 1 aliphatic rings. The van der Waals surface area contributed by atoms with E-state index in [9.17, 15) is 8.42 Å². The Morgan fingerprint density at radius 2 is 2.13 bits per heavy atom. The highest BCUT2D eigenvalue weighted by Crippen LogP contribution is 2.34. The molecule has 0 spiro atoms. The maximum absolute atomic E-state index is 11.4. The van der Waals surface area contributed by atoms with Gasteiger partial charge in [-0.05, 0) is 17.7 Å². The molecule has 0 unspecified atom stereocenters. The molecule has 1 aromatic rings. The Bertz CT molecular complexity index is 474. The summed E-state index contributed by atoms with van der Waals surface area (Å²) in [5.74, 6) is 0.380. The highest BCUT2D eigenvalue weighted by atomic mass is 32.2. The van der Waals surface area contributed by atoms with E-state index in [4.69, 9.17) is 9.47 Å². The first-order chi connectivity index (χ1) is 7.02. The molecule has 0 aromatic heterocycles. The molecule has 0 N–H and O–H groups in total. The van der Waals surface area contributed by atoms with Crippen LogP contribution in [0.15, 0.2) is 23.1 Å². The van der Waals surface area contributed by atoms with Crippen molar-refractivity contribution >= 4 is 9.84 Å². The molecular weight excluding hydrogens is 216 g/mol. The molecule has 1 heterocycles. The lowest BCUT2D eigenvalue weighted by Crippen LogP contribution is -2.01. The van der Waals surface area contributed by atoms with Crippen LogP contribution < -0.4 is 4.74 Å². The van der Waals surface area contributed by atoms with Crippen LogP contribution in [0.1, 0.15) is 11.7 Å². The van der Waals surface area contributed by atoms with Crippen molar-refractivity contribution in [2.75, 3.05) is 20.0 Å². The van der Waals surface area contributed by atoms with E-state index in [0.717, 1.165) is 11.8 Å². The third-order valence-electron chi connectivity index (χ3n) is 2.29. The number of rotatable bonds is 3. The second-order valence-corrected chi connectivity index (χ2v) is 5.49. The summed E-state index contributed by atoms with van der Waals surface area (Å²) in [6, 6.07) is 5.04. The average molecular weight is 228 g/mol. The van der Waals surface area contributed by atoms with Gasteiger partial charge >= 0.3 is 0 Å². The Morgan fingerprint density at radius 1 is 1.47 bits per heavy atom. The van der Waals surface area contributed by atoms with Crippen molar-refractivity contribution in [3.63, 3.8) is 0 Å². The van der Waals surface area contributed by atoms with Gasteiger partial charge in [-0.1, -0.05) is 6.07 Å². The molecule has 0 bridgehead atoms. The fourth-order valence-electron chi connectivity index (χ4n) is 1.43. The largest absolute Gasteiger partial charge is 0.495 e. The van der Waals surface area contributed by atoms with Gasteiger partial charge < -0.3 is 9.47 Å². The topological polar surface area (TPSA) is 55.9 Å². The fourth-order valence-corrected chi connectivity index (χ4v) is 2.25. The molecule has 15 heavy (non-hydrogen) atoms. The molecule has 1 atom stereocenters. The summed E-state index contributed by atoms with van der Waals surface area (Å²) >= 11 is 0. The average Bonchev–Trinajstić information content (AvgIpc) is 2.98. The number of ether oxygens (including phenoxy) is 2. The van der Waals surface area contributed by atoms with Crippen LogP contribution in [-0.2, 0) is 14.6 Å². The second kappa shape index (κ2) is 3.50. The van der Waals surface area contributed by atoms with E-state index in [1.165, 1.54) is 7.11 Å². The second-order valence-electron chi connectivity index (χ2n) is 3.50. The van der Waals surface area contributed by atoms with Gasteiger partial charge in [-0.3, -0.25) is 0 Å². The zero-order chi connectivity index (χ0) is 11.1. The summed E-state index contributed by atoms with van der Waals surface area (Å²) in [6.45, 7) is 0.696. The number of benzene rings is 1. The van der Waals surface area contributed by atoms with E-state index in [0.29, 0.717) is 12.4 Å². The van der Waals surface area contributed by atoms with Crippen molar-refractivity contribution in [3.05, 3.63) is 23.8 Å². The molecule has 1 aromatic carbocycles. The van der Waals surface area contributed by atoms with Crippen molar-refractivity contribution in [2.45, 2.75) is 11.0 Å². The van der Waals surface area contributed by atoms with Crippen LogP contribution in [0.3, 0.4) is 0 Å². The van der Waals surface area contributed by atoms with Crippen LogP contribution in [0.25, 0.3) is 0 Å². The Balaban J connectivity index is 2.48. The van der Waals surface area contributed by atoms with Crippen LogP contribution in [-0.4, -0.2) is 28.4 Å². The van der Waals surface area contributed by atoms with Gasteiger partial charge in [-0.15, -0.1) is 0 Å². The van der Waals surface area contributed by atoms with Crippen LogP contribution in [0, 0.1) is 0 Å². The summed E-state index contributed by atoms with van der Waals surface area (Å²) in [5, 5.41) is 0. The third kappa shape index (κ3) is 2.13. The molecule has 4 nitrogen and oxygen atoms in total. The lowest BCUT2D eigenvalue weighted by atomic mass is 10.1. The van der Waals surface area contributed by atoms with Crippen LogP contribution in [0.5, 0.6) is 5.75 Å². The van der Waals surface area contributed by atoms with Crippen LogP contribution in [0.2, 0.25) is 0 Å². The molecule has 1 saturated heterocycles. The van der Waals surface area contributed by atoms with E-state index in [1.54, 1.807) is 18.2 Å². The van der Waals surface area contributed by atoms with Gasteiger partial charge in [0.25, 0.3) is 0 Å². The molecular formula is C10H12O4S. The van der Waals surface area contributed by atoms with Gasteiger partial charge in [0.1, 0.15) is 16.7 Å². The first kappa shape index (κ1) is 10.4. The summed E-state index contributed by atoms with van der Waals surface area (Å²) < 4.78 is 33.0. The molecule has 0 amide bonds. The Hall–Kier alpha value is -1.07. The predicted octanol–water partition coefficient (Wildman–Crippen LogP) is 1.17. The van der Waals surface area contributed by atoms with Crippen molar-refractivity contribution in [1.82, 2.24) is 0 Å². The lowest BCUT2D eigenvalue weighted by Gasteiger charge is -2.07. The summed E-state index contributed by atoms with van der Waals surface area (Å²) in [4.78, 5) is 0.217. The first-order valence-electron chi connectivity index (χ1n) is 4.52. The monoisotopic (exact) mass is 228 g/mol. The molecule has 0 radical (unpaired) electrons. The Morgan fingerprint density at radius 3 is 2.60 bits per heavy atom. The van der Waals surface area contributed by atoms with Crippen molar-refractivity contribution in [1.29, 1.82) is 0 Å². The number of hydrogen-bond donors (Lipinski definition) is 0. The zero-order valence-corrected chi connectivity index (χ0v) is 9.37. The zero-order valence-electron chi connectivity index (χ0n) is 8.56. The minimum absolute atomic E-state index is 0.104. The number of sulfone groups is 1. The molecule has 2 rings (SSSR count). The van der Waals surface area contributed by atoms with E-state index >= 15 is 0 Å². The molecule has 82 valence electrons. The normalized spacial score (nSPS) is 20.0. The smallest absolute Gasteiger partial charge is 0.179 e. The predicted molar refractivity (Wildman–Crippen MR) is 54.8 cm³/mol. The highest BCUT2D eigenvalue weighted by molar-refractivity contribution is 7.90. The first-order valence-corrected chi connectivity index (χ1v) is 6.41. The highest BCUT2D eigenvalue weighted by Gasteiger charge is 2.26. The standard InChI is InChI=1S/C10H12O4S/c1-13-8-5-7(9-6-14-9)3-4-10(8)15(2,11)12/h3-5,9H,6H2,1-2H3/t9-/m1/s1. The molecule has 5 heteroatoms. The quantitative estimate of drug-likeness (QED) is 0.729. The van der Waals surface area contributed by atoms with Gasteiger partial charge in [0.15, 0.2) is 9.84 Å². The Kier molecular flexibility index (Phi) is 2.44. The van der Waals surface area contributed by atoms with Gasteiger partial charge in [0.05, 0.1) is 13.7 Å². The van der Waals surface area contributed by atoms with Gasteiger partial charge in [0, 0.05) is 6.26 Å². The van der Waals surface area contributed by atoms with Gasteiger partial charge in [-0.2, -0.15) is 0 Å². The molecule has 0 saturated carbocycles. The SMILES string of the molecule is COc1cc([C@H]2CO2)ccc1S(C)(=O)=O. The summed E-state index contributed by atoms with van der Waals surface area (Å²) in [6.07, 6.45) is 1.27. The minimum Gasteiger partial charge on any atom is -0.495 e. The third-order valence-corrected chi connectivity index (χ3v) is 3.43. The lowest BCUT2D eigenvalue weighted by molar-refractivity contribution is 0.396. The van der Waals surface area contributed by atoms with Crippen LogP contribution >= 0.6 is 0 Å². The summed E-state index contributed by atoms with van der Waals surface area (Å²) in [7, 11) is -1.77. The summed E-state index contributed by atoms with van der Waals surface area (Å²) in [5.41, 5.74) is 0.958. The number of hydrogen-bond acceptors (Lipinski definition) is 4.